The highest BCUT2D eigenvalue weighted by Gasteiger charge is 2.30. The van der Waals surface area contributed by atoms with Crippen molar-refractivity contribution >= 4 is 34.4 Å². The van der Waals surface area contributed by atoms with Gasteiger partial charge in [0.05, 0.1) is 6.54 Å². The second kappa shape index (κ2) is 7.92. The zero-order valence-electron chi connectivity index (χ0n) is 19.2. The minimum atomic E-state index is -0.371. The van der Waals surface area contributed by atoms with Crippen LogP contribution in [0.15, 0.2) is 52.1 Å². The molecule has 0 N–H and O–H groups in total. The van der Waals surface area contributed by atoms with Gasteiger partial charge in [-0.2, -0.15) is 4.98 Å². The molecule has 33 heavy (non-hydrogen) atoms. The summed E-state index contributed by atoms with van der Waals surface area (Å²) in [5, 5.41) is 0.643. The third-order valence-corrected chi connectivity index (χ3v) is 6.73. The van der Waals surface area contributed by atoms with Gasteiger partial charge in [0.25, 0.3) is 5.56 Å². The van der Waals surface area contributed by atoms with E-state index in [0.29, 0.717) is 28.7 Å². The lowest BCUT2D eigenvalue weighted by atomic mass is 10.1. The minimum absolute atomic E-state index is 0.224. The Morgan fingerprint density at radius 2 is 1.82 bits per heavy atom. The number of nitrogens with zero attached hydrogens (tertiary/aromatic N) is 5. The number of rotatable bonds is 3. The van der Waals surface area contributed by atoms with Crippen LogP contribution in [0.2, 0.25) is 5.02 Å². The van der Waals surface area contributed by atoms with Crippen molar-refractivity contribution in [3.05, 3.63) is 85.0 Å². The maximum atomic E-state index is 13.7. The van der Waals surface area contributed by atoms with E-state index in [1.54, 1.807) is 7.05 Å². The highest BCUT2D eigenvalue weighted by Crippen LogP contribution is 2.35. The molecule has 2 aromatic carbocycles. The topological polar surface area (TPSA) is 65.1 Å². The SMILES string of the molecule is Cc1ccccc1Cn1c(=O)c2c(nc3n2CC(C)CN3c2cc(Cl)ccc2C)n(C)c1=O. The molecule has 8 heteroatoms. The predicted octanol–water partition coefficient (Wildman–Crippen LogP) is 4.00. The van der Waals surface area contributed by atoms with Crippen LogP contribution in [-0.4, -0.2) is 25.2 Å². The molecule has 4 aromatic rings. The van der Waals surface area contributed by atoms with Crippen LogP contribution in [0.3, 0.4) is 0 Å². The number of halogens is 1. The smallest absolute Gasteiger partial charge is 0.311 e. The average Bonchev–Trinajstić information content (AvgIpc) is 3.17. The molecule has 0 amide bonds. The summed E-state index contributed by atoms with van der Waals surface area (Å²) < 4.78 is 4.75. The molecular weight excluding hydrogens is 438 g/mol. The lowest BCUT2D eigenvalue weighted by Crippen LogP contribution is -2.40. The summed E-state index contributed by atoms with van der Waals surface area (Å²) >= 11 is 6.31. The summed E-state index contributed by atoms with van der Waals surface area (Å²) in [6, 6.07) is 13.6. The van der Waals surface area contributed by atoms with Crippen LogP contribution in [0.25, 0.3) is 11.2 Å². The Morgan fingerprint density at radius 3 is 2.58 bits per heavy atom. The van der Waals surface area contributed by atoms with Gasteiger partial charge in [-0.1, -0.05) is 48.9 Å². The lowest BCUT2D eigenvalue weighted by molar-refractivity contribution is 0.457. The molecule has 0 spiro atoms. The van der Waals surface area contributed by atoms with E-state index < -0.39 is 0 Å². The molecule has 0 saturated heterocycles. The van der Waals surface area contributed by atoms with Gasteiger partial charge >= 0.3 is 5.69 Å². The number of fused-ring (bicyclic) bond motifs is 3. The Balaban J connectivity index is 1.75. The van der Waals surface area contributed by atoms with E-state index in [2.05, 4.69) is 11.8 Å². The summed E-state index contributed by atoms with van der Waals surface area (Å²) in [4.78, 5) is 33.8. The van der Waals surface area contributed by atoms with Gasteiger partial charge in [-0.3, -0.25) is 13.9 Å². The van der Waals surface area contributed by atoms with E-state index >= 15 is 0 Å². The van der Waals surface area contributed by atoms with Crippen LogP contribution in [0.5, 0.6) is 0 Å². The van der Waals surface area contributed by atoms with Crippen LogP contribution in [-0.2, 0) is 20.1 Å². The molecule has 2 aromatic heterocycles. The Morgan fingerprint density at radius 1 is 1.06 bits per heavy atom. The number of benzene rings is 2. The minimum Gasteiger partial charge on any atom is -0.311 e. The standard InChI is InChI=1S/C25H26ClN5O2/c1-15-12-29(20-11-19(26)10-9-17(20)3)24-27-22-21(30(24)13-15)23(32)31(25(33)28(22)4)14-18-8-6-5-7-16(18)2/h5-11,15H,12-14H2,1-4H3. The molecule has 170 valence electrons. The van der Waals surface area contributed by atoms with Gasteiger partial charge in [-0.05, 0) is 48.6 Å². The molecular formula is C25H26ClN5O2. The van der Waals surface area contributed by atoms with Crippen LogP contribution >= 0.6 is 11.6 Å². The molecule has 0 radical (unpaired) electrons. The van der Waals surface area contributed by atoms with E-state index in [9.17, 15) is 9.59 Å². The second-order valence-electron chi connectivity index (χ2n) is 9.00. The monoisotopic (exact) mass is 463 g/mol. The molecule has 3 heterocycles. The summed E-state index contributed by atoms with van der Waals surface area (Å²) in [5.74, 6) is 0.934. The summed E-state index contributed by atoms with van der Waals surface area (Å²) in [6.45, 7) is 7.78. The number of anilines is 2. The second-order valence-corrected chi connectivity index (χ2v) is 9.44. The molecule has 1 unspecified atom stereocenters. The fourth-order valence-corrected chi connectivity index (χ4v) is 4.84. The van der Waals surface area contributed by atoms with Crippen LogP contribution in [0.1, 0.15) is 23.6 Å². The van der Waals surface area contributed by atoms with Crippen LogP contribution < -0.4 is 16.1 Å². The first kappa shape index (κ1) is 21.5. The van der Waals surface area contributed by atoms with E-state index in [4.69, 9.17) is 16.6 Å². The molecule has 1 aliphatic rings. The maximum absolute atomic E-state index is 13.7. The van der Waals surface area contributed by atoms with Crippen LogP contribution in [0, 0.1) is 19.8 Å². The first-order chi connectivity index (χ1) is 15.8. The fraction of sp³-hybridized carbons (Fsp3) is 0.320. The normalized spacial score (nSPS) is 15.8. The first-order valence-electron chi connectivity index (χ1n) is 11.0. The number of imidazole rings is 1. The summed E-state index contributed by atoms with van der Waals surface area (Å²) in [5.41, 5.74) is 4.18. The van der Waals surface area contributed by atoms with Gasteiger partial charge < -0.3 is 9.47 Å². The van der Waals surface area contributed by atoms with Crippen LogP contribution in [0.4, 0.5) is 11.6 Å². The third-order valence-electron chi connectivity index (χ3n) is 6.49. The summed E-state index contributed by atoms with van der Waals surface area (Å²) in [7, 11) is 1.68. The van der Waals surface area contributed by atoms with Crippen molar-refractivity contribution in [3.8, 4) is 0 Å². The summed E-state index contributed by atoms with van der Waals surface area (Å²) in [6.07, 6.45) is 0. The zero-order valence-corrected chi connectivity index (χ0v) is 19.9. The number of hydrogen-bond donors (Lipinski definition) is 0. The maximum Gasteiger partial charge on any atom is 0.332 e. The van der Waals surface area contributed by atoms with Gasteiger partial charge in [-0.15, -0.1) is 0 Å². The number of aryl methyl sites for hydroxylation is 3. The van der Waals surface area contributed by atoms with E-state index in [1.165, 1.54) is 9.13 Å². The van der Waals surface area contributed by atoms with Gasteiger partial charge in [0.15, 0.2) is 11.2 Å². The van der Waals surface area contributed by atoms with Gasteiger partial charge in [0, 0.05) is 30.8 Å². The Kier molecular flexibility index (Phi) is 5.16. The fourth-order valence-electron chi connectivity index (χ4n) is 4.68. The van der Waals surface area contributed by atoms with Gasteiger partial charge in [0.1, 0.15) is 0 Å². The molecule has 5 rings (SSSR count). The zero-order chi connectivity index (χ0) is 23.4. The molecule has 7 nitrogen and oxygen atoms in total. The third kappa shape index (κ3) is 3.47. The van der Waals surface area contributed by atoms with Crippen molar-refractivity contribution in [2.75, 3.05) is 11.4 Å². The highest BCUT2D eigenvalue weighted by molar-refractivity contribution is 6.30. The first-order valence-corrected chi connectivity index (χ1v) is 11.4. The van der Waals surface area contributed by atoms with E-state index in [-0.39, 0.29) is 23.7 Å². The number of aromatic nitrogens is 4. The molecule has 1 atom stereocenters. The predicted molar refractivity (Wildman–Crippen MR) is 132 cm³/mol. The largest absolute Gasteiger partial charge is 0.332 e. The molecule has 0 bridgehead atoms. The van der Waals surface area contributed by atoms with Crippen molar-refractivity contribution < 1.29 is 0 Å². The lowest BCUT2D eigenvalue weighted by Gasteiger charge is -2.33. The molecule has 0 fully saturated rings. The Hall–Kier alpha value is -3.32. The highest BCUT2D eigenvalue weighted by atomic mass is 35.5. The molecule has 0 aliphatic carbocycles. The molecule has 0 saturated carbocycles. The molecule has 1 aliphatic heterocycles. The Bertz CT molecular complexity index is 1510. The quantitative estimate of drug-likeness (QED) is 0.460. The average molecular weight is 464 g/mol. The Labute approximate surface area is 196 Å². The van der Waals surface area contributed by atoms with Crippen molar-refractivity contribution in [3.63, 3.8) is 0 Å². The van der Waals surface area contributed by atoms with Crippen molar-refractivity contribution in [2.45, 2.75) is 33.9 Å². The van der Waals surface area contributed by atoms with Gasteiger partial charge in [-0.25, -0.2) is 4.79 Å². The van der Waals surface area contributed by atoms with Crippen molar-refractivity contribution in [2.24, 2.45) is 13.0 Å². The van der Waals surface area contributed by atoms with Gasteiger partial charge in [0.2, 0.25) is 5.95 Å². The van der Waals surface area contributed by atoms with E-state index in [1.807, 2.05) is 60.9 Å². The van der Waals surface area contributed by atoms with Crippen molar-refractivity contribution in [1.29, 1.82) is 0 Å². The number of hydrogen-bond acceptors (Lipinski definition) is 4. The van der Waals surface area contributed by atoms with E-state index in [0.717, 1.165) is 28.9 Å². The van der Waals surface area contributed by atoms with Crippen molar-refractivity contribution in [1.82, 2.24) is 18.7 Å².